The molecule has 0 aromatic carbocycles. The Kier molecular flexibility index (Phi) is 5.92. The van der Waals surface area contributed by atoms with Crippen LogP contribution in [0.2, 0.25) is 0 Å². The molecule has 0 bridgehead atoms. The Bertz CT molecular complexity index is 237. The molecular formula is C13H25NO3. The quantitative estimate of drug-likeness (QED) is 0.720. The monoisotopic (exact) mass is 243 g/mol. The van der Waals surface area contributed by atoms with E-state index in [0.717, 1.165) is 19.3 Å². The summed E-state index contributed by atoms with van der Waals surface area (Å²) in [5.74, 6) is 0.137. The van der Waals surface area contributed by atoms with Gasteiger partial charge in [-0.1, -0.05) is 19.8 Å². The third-order valence-corrected chi connectivity index (χ3v) is 3.37. The van der Waals surface area contributed by atoms with Crippen LogP contribution in [0.1, 0.15) is 45.4 Å². The molecule has 1 amide bonds. The van der Waals surface area contributed by atoms with Crippen LogP contribution in [0.3, 0.4) is 0 Å². The van der Waals surface area contributed by atoms with Crippen LogP contribution in [0.25, 0.3) is 0 Å². The van der Waals surface area contributed by atoms with E-state index in [2.05, 4.69) is 6.92 Å². The molecule has 1 heterocycles. The number of hydrogen-bond donors (Lipinski definition) is 1. The van der Waals surface area contributed by atoms with Crippen molar-refractivity contribution in [3.8, 4) is 0 Å². The molecule has 100 valence electrons. The molecule has 4 nitrogen and oxygen atoms in total. The molecule has 1 saturated heterocycles. The Balaban J connectivity index is 2.31. The van der Waals surface area contributed by atoms with Gasteiger partial charge in [0.05, 0.1) is 5.60 Å². The van der Waals surface area contributed by atoms with Gasteiger partial charge in [-0.15, -0.1) is 0 Å². The third kappa shape index (κ3) is 5.04. The van der Waals surface area contributed by atoms with Gasteiger partial charge in [0, 0.05) is 46.1 Å². The normalized spacial score (nSPS) is 19.0. The lowest BCUT2D eigenvalue weighted by Gasteiger charge is -2.35. The van der Waals surface area contributed by atoms with Crippen molar-refractivity contribution in [1.29, 1.82) is 0 Å². The van der Waals surface area contributed by atoms with E-state index in [9.17, 15) is 9.90 Å². The number of hydrogen-bond acceptors (Lipinski definition) is 3. The van der Waals surface area contributed by atoms with E-state index in [1.807, 2.05) is 0 Å². The van der Waals surface area contributed by atoms with Crippen molar-refractivity contribution in [3.05, 3.63) is 0 Å². The van der Waals surface area contributed by atoms with Gasteiger partial charge in [0.2, 0.25) is 5.91 Å². The number of likely N-dealkylation sites (N-methyl/N-ethyl adjacent to an activating group) is 1. The zero-order valence-corrected chi connectivity index (χ0v) is 11.1. The van der Waals surface area contributed by atoms with Crippen molar-refractivity contribution in [1.82, 2.24) is 4.90 Å². The van der Waals surface area contributed by atoms with E-state index >= 15 is 0 Å². The molecule has 0 aromatic rings. The fourth-order valence-corrected chi connectivity index (χ4v) is 2.16. The predicted molar refractivity (Wildman–Crippen MR) is 66.8 cm³/mol. The highest BCUT2D eigenvalue weighted by atomic mass is 16.5. The first kappa shape index (κ1) is 14.5. The Morgan fingerprint density at radius 1 is 1.35 bits per heavy atom. The van der Waals surface area contributed by atoms with Crippen LogP contribution in [-0.2, 0) is 9.53 Å². The Hall–Kier alpha value is -0.610. The first-order valence-corrected chi connectivity index (χ1v) is 6.61. The molecule has 4 heteroatoms. The van der Waals surface area contributed by atoms with Gasteiger partial charge >= 0.3 is 0 Å². The van der Waals surface area contributed by atoms with Gasteiger partial charge in [-0.2, -0.15) is 0 Å². The molecule has 1 fully saturated rings. The minimum atomic E-state index is -0.743. The average molecular weight is 243 g/mol. The average Bonchev–Trinajstić information content (AvgIpc) is 2.29. The van der Waals surface area contributed by atoms with Gasteiger partial charge < -0.3 is 14.7 Å². The Morgan fingerprint density at radius 3 is 2.59 bits per heavy atom. The van der Waals surface area contributed by atoms with Crippen molar-refractivity contribution in [2.24, 2.45) is 0 Å². The van der Waals surface area contributed by atoms with E-state index < -0.39 is 5.60 Å². The van der Waals surface area contributed by atoms with Crippen LogP contribution in [0.15, 0.2) is 0 Å². The van der Waals surface area contributed by atoms with Crippen LogP contribution in [0.4, 0.5) is 0 Å². The van der Waals surface area contributed by atoms with Gasteiger partial charge in [0.15, 0.2) is 0 Å². The van der Waals surface area contributed by atoms with Crippen molar-refractivity contribution in [2.45, 2.75) is 51.0 Å². The number of rotatable bonds is 6. The van der Waals surface area contributed by atoms with Crippen molar-refractivity contribution < 1.29 is 14.6 Å². The lowest BCUT2D eigenvalue weighted by atomic mass is 9.94. The summed E-state index contributed by atoms with van der Waals surface area (Å²) in [4.78, 5) is 13.5. The van der Waals surface area contributed by atoms with E-state index in [-0.39, 0.29) is 5.91 Å². The zero-order chi connectivity index (χ0) is 12.7. The Labute approximate surface area is 104 Å². The van der Waals surface area contributed by atoms with Gasteiger partial charge in [0.25, 0.3) is 0 Å². The highest BCUT2D eigenvalue weighted by Crippen LogP contribution is 2.21. The maximum Gasteiger partial charge on any atom is 0.222 e. The van der Waals surface area contributed by atoms with Gasteiger partial charge in [-0.05, 0) is 6.42 Å². The SMILES string of the molecule is CCCCCC(=O)N(C)CC1(O)CCOCC1. The number of aliphatic hydroxyl groups is 1. The molecular weight excluding hydrogens is 218 g/mol. The summed E-state index contributed by atoms with van der Waals surface area (Å²) in [5, 5.41) is 10.3. The van der Waals surface area contributed by atoms with E-state index in [1.54, 1.807) is 11.9 Å². The van der Waals surface area contributed by atoms with Gasteiger partial charge in [-0.25, -0.2) is 0 Å². The topological polar surface area (TPSA) is 49.8 Å². The third-order valence-electron chi connectivity index (χ3n) is 3.37. The number of nitrogens with zero attached hydrogens (tertiary/aromatic N) is 1. The smallest absolute Gasteiger partial charge is 0.222 e. The minimum absolute atomic E-state index is 0.137. The number of unbranched alkanes of at least 4 members (excludes halogenated alkanes) is 2. The van der Waals surface area contributed by atoms with Crippen LogP contribution in [-0.4, -0.2) is 48.3 Å². The van der Waals surface area contributed by atoms with Crippen LogP contribution in [0, 0.1) is 0 Å². The summed E-state index contributed by atoms with van der Waals surface area (Å²) < 4.78 is 5.22. The summed E-state index contributed by atoms with van der Waals surface area (Å²) in [7, 11) is 1.78. The van der Waals surface area contributed by atoms with Crippen molar-refractivity contribution >= 4 is 5.91 Å². The van der Waals surface area contributed by atoms with Crippen molar-refractivity contribution in [3.63, 3.8) is 0 Å². The predicted octanol–water partition coefficient (Wildman–Crippen LogP) is 1.57. The molecule has 0 unspecified atom stereocenters. The molecule has 0 atom stereocenters. The highest BCUT2D eigenvalue weighted by molar-refractivity contribution is 5.75. The van der Waals surface area contributed by atoms with E-state index in [4.69, 9.17) is 4.74 Å². The lowest BCUT2D eigenvalue weighted by Crippen LogP contribution is -2.47. The van der Waals surface area contributed by atoms with E-state index in [0.29, 0.717) is 39.0 Å². The molecule has 0 radical (unpaired) electrons. The zero-order valence-electron chi connectivity index (χ0n) is 11.1. The second kappa shape index (κ2) is 6.97. The molecule has 1 aliphatic rings. The molecule has 1 rings (SSSR count). The largest absolute Gasteiger partial charge is 0.388 e. The second-order valence-corrected chi connectivity index (χ2v) is 5.04. The fourth-order valence-electron chi connectivity index (χ4n) is 2.16. The summed E-state index contributed by atoms with van der Waals surface area (Å²) >= 11 is 0. The maximum absolute atomic E-state index is 11.8. The van der Waals surface area contributed by atoms with Crippen LogP contribution in [0.5, 0.6) is 0 Å². The summed E-state index contributed by atoms with van der Waals surface area (Å²) in [6.45, 7) is 3.74. The van der Waals surface area contributed by atoms with Crippen molar-refractivity contribution in [2.75, 3.05) is 26.8 Å². The molecule has 0 aliphatic carbocycles. The molecule has 1 aliphatic heterocycles. The molecule has 17 heavy (non-hydrogen) atoms. The Morgan fingerprint density at radius 2 is 2.00 bits per heavy atom. The lowest BCUT2D eigenvalue weighted by molar-refractivity contribution is -0.136. The molecule has 0 spiro atoms. The van der Waals surface area contributed by atoms with E-state index in [1.165, 1.54) is 0 Å². The fraction of sp³-hybridized carbons (Fsp3) is 0.923. The number of carbonyl (C=O) groups excluding carboxylic acids is 1. The number of amides is 1. The summed E-state index contributed by atoms with van der Waals surface area (Å²) in [6, 6.07) is 0. The van der Waals surface area contributed by atoms with Gasteiger partial charge in [0.1, 0.15) is 0 Å². The number of carbonyl (C=O) groups is 1. The summed E-state index contributed by atoms with van der Waals surface area (Å²) in [5.41, 5.74) is -0.743. The number of ether oxygens (including phenoxy) is 1. The van der Waals surface area contributed by atoms with Crippen LogP contribution >= 0.6 is 0 Å². The second-order valence-electron chi connectivity index (χ2n) is 5.04. The first-order valence-electron chi connectivity index (χ1n) is 6.61. The molecule has 1 N–H and O–H groups in total. The van der Waals surface area contributed by atoms with Crippen LogP contribution < -0.4 is 0 Å². The highest BCUT2D eigenvalue weighted by Gasteiger charge is 2.32. The minimum Gasteiger partial charge on any atom is -0.388 e. The standard InChI is InChI=1S/C13H25NO3/c1-3-4-5-6-12(15)14(2)11-13(16)7-9-17-10-8-13/h16H,3-11H2,1-2H3. The molecule has 0 saturated carbocycles. The summed E-state index contributed by atoms with van der Waals surface area (Å²) in [6.07, 6.45) is 5.01. The van der Waals surface area contributed by atoms with Gasteiger partial charge in [-0.3, -0.25) is 4.79 Å². The molecule has 0 aromatic heterocycles. The maximum atomic E-state index is 11.8. The first-order chi connectivity index (χ1) is 8.07.